The van der Waals surface area contributed by atoms with Crippen LogP contribution in [-0.4, -0.2) is 26.7 Å². The van der Waals surface area contributed by atoms with Gasteiger partial charge in [-0.1, -0.05) is 30.7 Å². The summed E-state index contributed by atoms with van der Waals surface area (Å²) in [5, 5.41) is 15.1. The zero-order valence-corrected chi connectivity index (χ0v) is 17.0. The van der Waals surface area contributed by atoms with Crippen molar-refractivity contribution in [2.75, 3.05) is 10.6 Å². The SMILES string of the molecule is Cc1cccc(NC(=O)C(C)Nc2cccc(-c3nnc4n3CCCCC4)c2)c1. The monoisotopic (exact) mass is 389 g/mol. The molecule has 0 radical (unpaired) electrons. The van der Waals surface area contributed by atoms with Gasteiger partial charge in [0.1, 0.15) is 11.9 Å². The summed E-state index contributed by atoms with van der Waals surface area (Å²) in [5.41, 5.74) is 3.83. The van der Waals surface area contributed by atoms with Gasteiger partial charge in [0.2, 0.25) is 5.91 Å². The number of fused-ring (bicyclic) bond motifs is 1. The number of aromatic nitrogens is 3. The van der Waals surface area contributed by atoms with Gasteiger partial charge in [-0.05, 0) is 56.5 Å². The van der Waals surface area contributed by atoms with E-state index in [0.29, 0.717) is 0 Å². The highest BCUT2D eigenvalue weighted by Gasteiger charge is 2.17. The highest BCUT2D eigenvalue weighted by Crippen LogP contribution is 2.25. The number of anilines is 2. The average Bonchev–Trinajstić information content (AvgIpc) is 2.96. The van der Waals surface area contributed by atoms with Crippen LogP contribution in [0.25, 0.3) is 11.4 Å². The maximum atomic E-state index is 12.6. The van der Waals surface area contributed by atoms with Gasteiger partial charge in [0, 0.05) is 29.9 Å². The second kappa shape index (κ2) is 8.47. The highest BCUT2D eigenvalue weighted by atomic mass is 16.2. The molecule has 1 unspecified atom stereocenters. The third-order valence-corrected chi connectivity index (χ3v) is 5.29. The molecule has 1 aliphatic rings. The molecule has 3 aromatic rings. The Balaban J connectivity index is 1.48. The number of aryl methyl sites for hydroxylation is 2. The van der Waals surface area contributed by atoms with Gasteiger partial charge < -0.3 is 15.2 Å². The molecule has 1 amide bonds. The van der Waals surface area contributed by atoms with Crippen LogP contribution in [0.2, 0.25) is 0 Å². The molecular weight excluding hydrogens is 362 g/mol. The van der Waals surface area contributed by atoms with E-state index >= 15 is 0 Å². The van der Waals surface area contributed by atoms with E-state index in [-0.39, 0.29) is 11.9 Å². The molecule has 2 aromatic carbocycles. The summed E-state index contributed by atoms with van der Waals surface area (Å²) < 4.78 is 2.24. The van der Waals surface area contributed by atoms with E-state index < -0.39 is 0 Å². The molecule has 0 saturated carbocycles. The molecular formula is C23H27N5O. The van der Waals surface area contributed by atoms with Gasteiger partial charge in [-0.25, -0.2) is 0 Å². The lowest BCUT2D eigenvalue weighted by Gasteiger charge is -2.16. The summed E-state index contributed by atoms with van der Waals surface area (Å²) in [6, 6.07) is 15.5. The largest absolute Gasteiger partial charge is 0.374 e. The quantitative estimate of drug-likeness (QED) is 0.678. The Kier molecular flexibility index (Phi) is 5.60. The van der Waals surface area contributed by atoms with E-state index in [9.17, 15) is 4.79 Å². The van der Waals surface area contributed by atoms with Crippen LogP contribution in [-0.2, 0) is 17.8 Å². The molecule has 29 heavy (non-hydrogen) atoms. The topological polar surface area (TPSA) is 71.8 Å². The average molecular weight is 390 g/mol. The standard InChI is InChI=1S/C23H27N5O/c1-16-8-6-10-19(14-16)25-23(29)17(2)24-20-11-7-9-18(15-20)22-27-26-21-12-4-3-5-13-28(21)22/h6-11,14-15,17,24H,3-5,12-13H2,1-2H3,(H,25,29). The number of nitrogens with zero attached hydrogens (tertiary/aromatic N) is 3. The molecule has 1 atom stereocenters. The van der Waals surface area contributed by atoms with Crippen molar-refractivity contribution < 1.29 is 4.79 Å². The molecule has 150 valence electrons. The number of amides is 1. The van der Waals surface area contributed by atoms with Crippen molar-refractivity contribution >= 4 is 17.3 Å². The number of hydrogen-bond donors (Lipinski definition) is 2. The smallest absolute Gasteiger partial charge is 0.246 e. The van der Waals surface area contributed by atoms with Crippen molar-refractivity contribution in [2.24, 2.45) is 0 Å². The summed E-state index contributed by atoms with van der Waals surface area (Å²) in [6.07, 6.45) is 4.55. The second-order valence-electron chi connectivity index (χ2n) is 7.71. The molecule has 0 fully saturated rings. The molecule has 1 aliphatic heterocycles. The van der Waals surface area contributed by atoms with Crippen molar-refractivity contribution in [1.29, 1.82) is 0 Å². The Labute approximate surface area is 171 Å². The fraction of sp³-hybridized carbons (Fsp3) is 0.348. The predicted molar refractivity (Wildman–Crippen MR) is 116 cm³/mol. The molecule has 0 spiro atoms. The number of carbonyl (C=O) groups excluding carboxylic acids is 1. The van der Waals surface area contributed by atoms with Crippen molar-refractivity contribution in [2.45, 2.75) is 52.1 Å². The number of nitrogens with one attached hydrogen (secondary N) is 2. The zero-order valence-electron chi connectivity index (χ0n) is 17.0. The third kappa shape index (κ3) is 4.47. The number of benzene rings is 2. The van der Waals surface area contributed by atoms with Crippen LogP contribution < -0.4 is 10.6 Å². The Hall–Kier alpha value is -3.15. The zero-order chi connectivity index (χ0) is 20.2. The van der Waals surface area contributed by atoms with Gasteiger partial charge >= 0.3 is 0 Å². The molecule has 0 aliphatic carbocycles. The Morgan fingerprint density at radius 2 is 1.86 bits per heavy atom. The summed E-state index contributed by atoms with van der Waals surface area (Å²) in [4.78, 5) is 12.6. The van der Waals surface area contributed by atoms with Crippen molar-refractivity contribution in [3.05, 3.63) is 59.9 Å². The van der Waals surface area contributed by atoms with Crippen LogP contribution >= 0.6 is 0 Å². The van der Waals surface area contributed by atoms with Gasteiger partial charge in [0.15, 0.2) is 5.82 Å². The molecule has 0 bridgehead atoms. The molecule has 2 N–H and O–H groups in total. The first-order chi connectivity index (χ1) is 14.1. The predicted octanol–water partition coefficient (Wildman–Crippen LogP) is 4.42. The van der Waals surface area contributed by atoms with E-state index in [1.807, 2.05) is 62.4 Å². The Morgan fingerprint density at radius 3 is 2.72 bits per heavy atom. The van der Waals surface area contributed by atoms with Gasteiger partial charge in [-0.3, -0.25) is 4.79 Å². The molecule has 6 heteroatoms. The Morgan fingerprint density at radius 1 is 1.03 bits per heavy atom. The van der Waals surface area contributed by atoms with Gasteiger partial charge in [-0.2, -0.15) is 0 Å². The lowest BCUT2D eigenvalue weighted by molar-refractivity contribution is -0.116. The first-order valence-corrected chi connectivity index (χ1v) is 10.3. The van der Waals surface area contributed by atoms with Crippen LogP contribution in [0.3, 0.4) is 0 Å². The minimum absolute atomic E-state index is 0.0719. The lowest BCUT2D eigenvalue weighted by atomic mass is 10.1. The van der Waals surface area contributed by atoms with Crippen LogP contribution in [0.5, 0.6) is 0 Å². The third-order valence-electron chi connectivity index (χ3n) is 5.29. The van der Waals surface area contributed by atoms with E-state index in [4.69, 9.17) is 0 Å². The fourth-order valence-electron chi connectivity index (χ4n) is 3.74. The summed E-state index contributed by atoms with van der Waals surface area (Å²) in [5.74, 6) is 1.90. The highest BCUT2D eigenvalue weighted by molar-refractivity contribution is 5.96. The number of rotatable bonds is 5. The van der Waals surface area contributed by atoms with E-state index in [2.05, 4.69) is 25.4 Å². The number of hydrogen-bond acceptors (Lipinski definition) is 4. The Bertz CT molecular complexity index is 1010. The molecule has 2 heterocycles. The van der Waals surface area contributed by atoms with Crippen LogP contribution in [0.1, 0.15) is 37.6 Å². The minimum atomic E-state index is -0.374. The van der Waals surface area contributed by atoms with Crippen LogP contribution in [0.4, 0.5) is 11.4 Å². The van der Waals surface area contributed by atoms with Crippen molar-refractivity contribution in [1.82, 2.24) is 14.8 Å². The lowest BCUT2D eigenvalue weighted by Crippen LogP contribution is -2.31. The fourth-order valence-corrected chi connectivity index (χ4v) is 3.74. The second-order valence-corrected chi connectivity index (χ2v) is 7.71. The minimum Gasteiger partial charge on any atom is -0.374 e. The first kappa shape index (κ1) is 19.2. The first-order valence-electron chi connectivity index (χ1n) is 10.3. The molecule has 4 rings (SSSR count). The van der Waals surface area contributed by atoms with Gasteiger partial charge in [0.25, 0.3) is 0 Å². The molecule has 1 aromatic heterocycles. The molecule has 0 saturated heterocycles. The summed E-state index contributed by atoms with van der Waals surface area (Å²) in [6.45, 7) is 4.83. The van der Waals surface area contributed by atoms with Crippen LogP contribution in [0.15, 0.2) is 48.5 Å². The van der Waals surface area contributed by atoms with Crippen molar-refractivity contribution in [3.8, 4) is 11.4 Å². The molecule has 6 nitrogen and oxygen atoms in total. The van der Waals surface area contributed by atoms with Gasteiger partial charge in [-0.15, -0.1) is 10.2 Å². The van der Waals surface area contributed by atoms with Gasteiger partial charge in [0.05, 0.1) is 0 Å². The maximum Gasteiger partial charge on any atom is 0.246 e. The van der Waals surface area contributed by atoms with Crippen LogP contribution in [0, 0.1) is 6.92 Å². The van der Waals surface area contributed by atoms with E-state index in [0.717, 1.165) is 53.5 Å². The maximum absolute atomic E-state index is 12.6. The summed E-state index contributed by atoms with van der Waals surface area (Å²) in [7, 11) is 0. The van der Waals surface area contributed by atoms with E-state index in [1.54, 1.807) is 0 Å². The number of carbonyl (C=O) groups is 1. The summed E-state index contributed by atoms with van der Waals surface area (Å²) >= 11 is 0. The van der Waals surface area contributed by atoms with Crippen molar-refractivity contribution in [3.63, 3.8) is 0 Å². The van der Waals surface area contributed by atoms with E-state index in [1.165, 1.54) is 12.8 Å². The normalized spacial score (nSPS) is 14.6.